The lowest BCUT2D eigenvalue weighted by Gasteiger charge is -2.35. The topological polar surface area (TPSA) is 61.8 Å². The van der Waals surface area contributed by atoms with E-state index < -0.39 is 23.5 Å². The van der Waals surface area contributed by atoms with Gasteiger partial charge in [0, 0.05) is 43.7 Å². The summed E-state index contributed by atoms with van der Waals surface area (Å²) in [6, 6.07) is 3.43. The third-order valence-corrected chi connectivity index (χ3v) is 4.40. The van der Waals surface area contributed by atoms with Gasteiger partial charge >= 0.3 is 6.03 Å². The van der Waals surface area contributed by atoms with Crippen LogP contribution in [-0.2, 0) is 4.74 Å². The van der Waals surface area contributed by atoms with Crippen molar-refractivity contribution in [2.45, 2.75) is 31.4 Å². The fourth-order valence-electron chi connectivity index (χ4n) is 2.71. The van der Waals surface area contributed by atoms with Gasteiger partial charge in [-0.3, -0.25) is 0 Å². The molecule has 2 N–H and O–H groups in total. The number of aliphatic hydroxyl groups is 1. The second-order valence-electron chi connectivity index (χ2n) is 6.00. The number of carbonyl (C=O) groups excluding carboxylic acids is 1. The minimum absolute atomic E-state index is 0.194. The number of likely N-dealkylation sites (N-methyl/N-ethyl adjacent to an activating group) is 1. The van der Waals surface area contributed by atoms with Crippen LogP contribution in [0.2, 0.25) is 5.02 Å². The maximum absolute atomic E-state index is 13.9. The van der Waals surface area contributed by atoms with Gasteiger partial charge in [0.2, 0.25) is 0 Å². The van der Waals surface area contributed by atoms with Crippen molar-refractivity contribution in [1.82, 2.24) is 10.2 Å². The Morgan fingerprint density at radius 3 is 2.78 bits per heavy atom. The van der Waals surface area contributed by atoms with Gasteiger partial charge in [-0.1, -0.05) is 17.7 Å². The van der Waals surface area contributed by atoms with E-state index in [-0.39, 0.29) is 17.1 Å². The molecule has 5 nitrogen and oxygen atoms in total. The van der Waals surface area contributed by atoms with Crippen molar-refractivity contribution in [3.05, 3.63) is 34.6 Å². The van der Waals surface area contributed by atoms with E-state index in [4.69, 9.17) is 16.3 Å². The fraction of sp³-hybridized carbons (Fsp3) is 0.562. The molecular formula is C16H22ClFN2O3. The zero-order valence-electron chi connectivity index (χ0n) is 13.3. The van der Waals surface area contributed by atoms with Crippen LogP contribution in [0.25, 0.3) is 0 Å². The molecule has 0 spiro atoms. The lowest BCUT2D eigenvalue weighted by atomic mass is 9.94. The van der Waals surface area contributed by atoms with Gasteiger partial charge in [-0.2, -0.15) is 0 Å². The van der Waals surface area contributed by atoms with Crippen LogP contribution in [0.15, 0.2) is 18.2 Å². The van der Waals surface area contributed by atoms with Crippen molar-refractivity contribution in [2.24, 2.45) is 0 Å². The molecule has 2 amide bonds. The summed E-state index contributed by atoms with van der Waals surface area (Å²) < 4.78 is 19.1. The van der Waals surface area contributed by atoms with Crippen LogP contribution in [0.3, 0.4) is 0 Å². The molecule has 1 unspecified atom stereocenters. The Kier molecular flexibility index (Phi) is 5.84. The first kappa shape index (κ1) is 18.0. The quantitative estimate of drug-likeness (QED) is 0.882. The Labute approximate surface area is 140 Å². The number of benzene rings is 1. The molecule has 1 fully saturated rings. The SMILES string of the molecule is CC(NC(=O)N(C)CC1(O)CCOCC1)c1c(F)cccc1Cl. The molecule has 0 aromatic heterocycles. The van der Waals surface area contributed by atoms with Crippen LogP contribution >= 0.6 is 11.6 Å². The van der Waals surface area contributed by atoms with Crippen molar-refractivity contribution in [3.8, 4) is 0 Å². The third kappa shape index (κ3) is 4.56. The smallest absolute Gasteiger partial charge is 0.317 e. The Balaban J connectivity index is 1.97. The van der Waals surface area contributed by atoms with Crippen molar-refractivity contribution < 1.29 is 19.0 Å². The minimum atomic E-state index is -0.941. The molecule has 0 bridgehead atoms. The number of hydrogen-bond acceptors (Lipinski definition) is 3. The van der Waals surface area contributed by atoms with E-state index in [9.17, 15) is 14.3 Å². The predicted octanol–water partition coefficient (Wildman–Crippen LogP) is 2.72. The number of hydrogen-bond donors (Lipinski definition) is 2. The highest BCUT2D eigenvalue weighted by Gasteiger charge is 2.32. The maximum atomic E-state index is 13.9. The lowest BCUT2D eigenvalue weighted by molar-refractivity contribution is -0.0723. The van der Waals surface area contributed by atoms with Crippen LogP contribution in [0.5, 0.6) is 0 Å². The molecule has 1 aliphatic heterocycles. The zero-order chi connectivity index (χ0) is 17.0. The van der Waals surface area contributed by atoms with Gasteiger partial charge in [0.1, 0.15) is 5.82 Å². The van der Waals surface area contributed by atoms with Gasteiger partial charge in [-0.05, 0) is 19.1 Å². The minimum Gasteiger partial charge on any atom is -0.388 e. The number of nitrogens with one attached hydrogen (secondary N) is 1. The van der Waals surface area contributed by atoms with Crippen molar-refractivity contribution >= 4 is 17.6 Å². The van der Waals surface area contributed by atoms with Gasteiger partial charge in [0.15, 0.2) is 0 Å². The van der Waals surface area contributed by atoms with E-state index in [1.54, 1.807) is 20.0 Å². The molecule has 128 valence electrons. The molecule has 7 heteroatoms. The zero-order valence-corrected chi connectivity index (χ0v) is 14.1. The summed E-state index contributed by atoms with van der Waals surface area (Å²) in [6.45, 7) is 2.82. The third-order valence-electron chi connectivity index (χ3n) is 4.07. The van der Waals surface area contributed by atoms with Crippen molar-refractivity contribution in [1.29, 1.82) is 0 Å². The summed E-state index contributed by atoms with van der Waals surface area (Å²) in [5, 5.41) is 13.4. The first-order valence-electron chi connectivity index (χ1n) is 7.58. The van der Waals surface area contributed by atoms with E-state index >= 15 is 0 Å². The molecule has 1 aromatic carbocycles. The Hall–Kier alpha value is -1.37. The van der Waals surface area contributed by atoms with Crippen molar-refractivity contribution in [2.75, 3.05) is 26.8 Å². The van der Waals surface area contributed by atoms with E-state index in [0.717, 1.165) is 0 Å². The molecule has 0 saturated carbocycles. The summed E-state index contributed by atoms with van der Waals surface area (Å²) in [4.78, 5) is 13.7. The first-order valence-corrected chi connectivity index (χ1v) is 7.96. The molecule has 23 heavy (non-hydrogen) atoms. The van der Waals surface area contributed by atoms with E-state index in [0.29, 0.717) is 26.1 Å². The summed E-state index contributed by atoms with van der Waals surface area (Å²) >= 11 is 6.01. The molecule has 2 rings (SSSR count). The van der Waals surface area contributed by atoms with E-state index in [1.165, 1.54) is 17.0 Å². The summed E-state index contributed by atoms with van der Waals surface area (Å²) in [6.07, 6.45) is 0.971. The van der Waals surface area contributed by atoms with E-state index in [2.05, 4.69) is 5.32 Å². The molecule has 1 atom stereocenters. The highest BCUT2D eigenvalue weighted by molar-refractivity contribution is 6.31. The van der Waals surface area contributed by atoms with Crippen LogP contribution in [0.1, 0.15) is 31.4 Å². The largest absolute Gasteiger partial charge is 0.388 e. The number of amides is 2. The Morgan fingerprint density at radius 1 is 1.52 bits per heavy atom. The normalized spacial score (nSPS) is 18.3. The number of urea groups is 1. The molecule has 0 radical (unpaired) electrons. The number of nitrogens with zero attached hydrogens (tertiary/aromatic N) is 1. The summed E-state index contributed by atoms with van der Waals surface area (Å²) in [5.74, 6) is -0.462. The number of halogens is 2. The van der Waals surface area contributed by atoms with Gasteiger partial charge in [-0.15, -0.1) is 0 Å². The van der Waals surface area contributed by atoms with Gasteiger partial charge in [0.25, 0.3) is 0 Å². The summed E-state index contributed by atoms with van der Waals surface area (Å²) in [7, 11) is 1.60. The Morgan fingerprint density at radius 2 is 2.17 bits per heavy atom. The van der Waals surface area contributed by atoms with Crippen LogP contribution in [-0.4, -0.2) is 48.4 Å². The monoisotopic (exact) mass is 344 g/mol. The van der Waals surface area contributed by atoms with Crippen LogP contribution in [0, 0.1) is 5.82 Å². The van der Waals surface area contributed by atoms with E-state index in [1.807, 2.05) is 0 Å². The first-order chi connectivity index (χ1) is 10.8. The molecule has 0 aliphatic carbocycles. The maximum Gasteiger partial charge on any atom is 0.317 e. The van der Waals surface area contributed by atoms with Gasteiger partial charge in [-0.25, -0.2) is 9.18 Å². The fourth-order valence-corrected chi connectivity index (χ4v) is 3.04. The number of rotatable bonds is 4. The standard InChI is InChI=1S/C16H22ClFN2O3/c1-11(14-12(17)4-3-5-13(14)18)19-15(21)20(2)10-16(22)6-8-23-9-7-16/h3-5,11,22H,6-10H2,1-2H3,(H,19,21). The molecule has 1 aromatic rings. The number of carbonyl (C=O) groups is 1. The highest BCUT2D eigenvalue weighted by atomic mass is 35.5. The number of ether oxygens (including phenoxy) is 1. The second-order valence-corrected chi connectivity index (χ2v) is 6.41. The molecule has 1 saturated heterocycles. The molecule has 1 heterocycles. The van der Waals surface area contributed by atoms with Crippen LogP contribution < -0.4 is 5.32 Å². The lowest BCUT2D eigenvalue weighted by Crippen LogP contribution is -2.50. The Bertz CT molecular complexity index is 544. The van der Waals surface area contributed by atoms with Gasteiger partial charge in [0.05, 0.1) is 18.2 Å². The molecular weight excluding hydrogens is 323 g/mol. The summed E-state index contributed by atoms with van der Waals surface area (Å²) in [5.41, 5.74) is -0.691. The average Bonchev–Trinajstić information content (AvgIpc) is 2.47. The van der Waals surface area contributed by atoms with Crippen molar-refractivity contribution in [3.63, 3.8) is 0 Å². The average molecular weight is 345 g/mol. The highest BCUT2D eigenvalue weighted by Crippen LogP contribution is 2.26. The molecule has 1 aliphatic rings. The van der Waals surface area contributed by atoms with Crippen LogP contribution in [0.4, 0.5) is 9.18 Å². The second kappa shape index (κ2) is 7.47. The van der Waals surface area contributed by atoms with Gasteiger partial charge < -0.3 is 20.1 Å². The predicted molar refractivity (Wildman–Crippen MR) is 86.0 cm³/mol.